The van der Waals surface area contributed by atoms with Gasteiger partial charge in [-0.1, -0.05) is 6.07 Å². The Hall–Kier alpha value is -1.03. The molecule has 1 aromatic rings. The van der Waals surface area contributed by atoms with E-state index in [9.17, 15) is 4.79 Å². The fourth-order valence-electron chi connectivity index (χ4n) is 2.35. The van der Waals surface area contributed by atoms with Crippen molar-refractivity contribution in [2.24, 2.45) is 0 Å². The molecule has 1 fully saturated rings. The second-order valence-electron chi connectivity index (χ2n) is 4.73. The van der Waals surface area contributed by atoms with Crippen LogP contribution in [-0.2, 0) is 11.2 Å². The number of anilines is 1. The Balaban J connectivity index is 2.06. The van der Waals surface area contributed by atoms with Crippen LogP contribution in [-0.4, -0.2) is 24.2 Å². The number of piperidine rings is 1. The minimum Gasteiger partial charge on any atom is -0.481 e. The van der Waals surface area contributed by atoms with Gasteiger partial charge in [-0.15, -0.1) is 0 Å². The Morgan fingerprint density at radius 2 is 2.00 bits per heavy atom. The molecular formula is C14H18BrNO2. The molecule has 0 aliphatic carbocycles. The summed E-state index contributed by atoms with van der Waals surface area (Å²) in [6.45, 7) is 2.24. The Labute approximate surface area is 116 Å². The maximum Gasteiger partial charge on any atom is 0.303 e. The quantitative estimate of drug-likeness (QED) is 0.925. The molecule has 3 nitrogen and oxygen atoms in total. The molecule has 0 unspecified atom stereocenters. The van der Waals surface area contributed by atoms with E-state index in [1.54, 1.807) is 0 Å². The van der Waals surface area contributed by atoms with Crippen molar-refractivity contribution in [3.8, 4) is 0 Å². The second-order valence-corrected chi connectivity index (χ2v) is 5.58. The summed E-state index contributed by atoms with van der Waals surface area (Å²) in [5, 5.41) is 8.68. The van der Waals surface area contributed by atoms with Crippen LogP contribution in [0.3, 0.4) is 0 Å². The van der Waals surface area contributed by atoms with Gasteiger partial charge in [0.25, 0.3) is 0 Å². The molecule has 0 amide bonds. The summed E-state index contributed by atoms with van der Waals surface area (Å²) in [5.41, 5.74) is 2.30. The maximum absolute atomic E-state index is 10.6. The van der Waals surface area contributed by atoms with Crippen molar-refractivity contribution in [2.45, 2.75) is 32.1 Å². The number of carbonyl (C=O) groups is 1. The summed E-state index contributed by atoms with van der Waals surface area (Å²) in [4.78, 5) is 12.9. The largest absolute Gasteiger partial charge is 0.481 e. The molecule has 1 aliphatic rings. The van der Waals surface area contributed by atoms with Gasteiger partial charge in [0.1, 0.15) is 0 Å². The fourth-order valence-corrected chi connectivity index (χ4v) is 3.03. The van der Waals surface area contributed by atoms with Gasteiger partial charge in [-0.25, -0.2) is 0 Å². The molecule has 4 heteroatoms. The van der Waals surface area contributed by atoms with Crippen LogP contribution in [0.4, 0.5) is 5.69 Å². The molecule has 1 aliphatic heterocycles. The lowest BCUT2D eigenvalue weighted by Crippen LogP contribution is -2.29. The van der Waals surface area contributed by atoms with Gasteiger partial charge in [-0.2, -0.15) is 0 Å². The minimum absolute atomic E-state index is 0.190. The number of hydrogen-bond donors (Lipinski definition) is 1. The third-order valence-electron chi connectivity index (χ3n) is 3.34. The molecule has 1 aromatic carbocycles. The van der Waals surface area contributed by atoms with Crippen LogP contribution in [0.25, 0.3) is 0 Å². The second kappa shape index (κ2) is 6.23. The van der Waals surface area contributed by atoms with Crippen LogP contribution in [0.5, 0.6) is 0 Å². The number of carboxylic acid groups (broad SMARTS) is 1. The normalized spacial score (nSPS) is 15.7. The summed E-state index contributed by atoms with van der Waals surface area (Å²) < 4.78 is 1.08. The van der Waals surface area contributed by atoms with Crippen molar-refractivity contribution in [3.05, 3.63) is 28.2 Å². The number of aryl methyl sites for hydroxylation is 1. The topological polar surface area (TPSA) is 40.5 Å². The summed E-state index contributed by atoms with van der Waals surface area (Å²) in [6, 6.07) is 6.19. The molecular weight excluding hydrogens is 294 g/mol. The summed E-state index contributed by atoms with van der Waals surface area (Å²) in [7, 11) is 0. The number of rotatable bonds is 4. The monoisotopic (exact) mass is 311 g/mol. The van der Waals surface area contributed by atoms with Crippen LogP contribution in [0.2, 0.25) is 0 Å². The van der Waals surface area contributed by atoms with Crippen molar-refractivity contribution in [1.29, 1.82) is 0 Å². The summed E-state index contributed by atoms with van der Waals surface area (Å²) >= 11 is 3.60. The zero-order chi connectivity index (χ0) is 13.0. The third kappa shape index (κ3) is 3.48. The average molecular weight is 312 g/mol. The number of nitrogens with zero attached hydrogens (tertiary/aromatic N) is 1. The van der Waals surface area contributed by atoms with Gasteiger partial charge in [0, 0.05) is 24.0 Å². The first-order chi connectivity index (χ1) is 8.66. The standard InChI is InChI=1S/C14H18BrNO2/c15-12-10-11(5-7-14(17)18)4-6-13(12)16-8-2-1-3-9-16/h4,6,10H,1-3,5,7-9H2,(H,17,18). The van der Waals surface area contributed by atoms with E-state index >= 15 is 0 Å². The Morgan fingerprint density at radius 3 is 2.61 bits per heavy atom. The molecule has 0 spiro atoms. The van der Waals surface area contributed by atoms with E-state index < -0.39 is 5.97 Å². The predicted molar refractivity (Wildman–Crippen MR) is 76.2 cm³/mol. The van der Waals surface area contributed by atoms with Crippen molar-refractivity contribution >= 4 is 27.6 Å². The van der Waals surface area contributed by atoms with Gasteiger partial charge in [0.05, 0.1) is 5.69 Å². The van der Waals surface area contributed by atoms with Crippen LogP contribution >= 0.6 is 15.9 Å². The molecule has 98 valence electrons. The highest BCUT2D eigenvalue weighted by Gasteiger charge is 2.13. The SMILES string of the molecule is O=C(O)CCc1ccc(N2CCCCC2)c(Br)c1. The minimum atomic E-state index is -0.744. The molecule has 18 heavy (non-hydrogen) atoms. The highest BCUT2D eigenvalue weighted by molar-refractivity contribution is 9.10. The van der Waals surface area contributed by atoms with Crippen molar-refractivity contribution in [3.63, 3.8) is 0 Å². The lowest BCUT2D eigenvalue weighted by molar-refractivity contribution is -0.136. The smallest absolute Gasteiger partial charge is 0.303 e. The molecule has 0 aromatic heterocycles. The number of benzene rings is 1. The Bertz CT molecular complexity index is 428. The number of carboxylic acids is 1. The van der Waals surface area contributed by atoms with E-state index in [1.807, 2.05) is 12.1 Å². The molecule has 0 saturated carbocycles. The molecule has 1 saturated heterocycles. The molecule has 0 radical (unpaired) electrons. The van der Waals surface area contributed by atoms with Gasteiger partial charge in [0.2, 0.25) is 0 Å². The average Bonchev–Trinajstić information content (AvgIpc) is 2.37. The van der Waals surface area contributed by atoms with E-state index in [2.05, 4.69) is 26.9 Å². The molecule has 0 bridgehead atoms. The van der Waals surface area contributed by atoms with E-state index in [0.717, 1.165) is 23.1 Å². The van der Waals surface area contributed by atoms with E-state index in [4.69, 9.17) is 5.11 Å². The highest BCUT2D eigenvalue weighted by atomic mass is 79.9. The van der Waals surface area contributed by atoms with Crippen LogP contribution in [0.15, 0.2) is 22.7 Å². The molecule has 1 N–H and O–H groups in total. The van der Waals surface area contributed by atoms with Crippen molar-refractivity contribution in [1.82, 2.24) is 0 Å². The fraction of sp³-hybridized carbons (Fsp3) is 0.500. The van der Waals surface area contributed by atoms with Crippen molar-refractivity contribution < 1.29 is 9.90 Å². The molecule has 0 atom stereocenters. The lowest BCUT2D eigenvalue weighted by atomic mass is 10.1. The summed E-state index contributed by atoms with van der Waals surface area (Å²) in [6.07, 6.45) is 4.62. The number of halogens is 1. The van der Waals surface area contributed by atoms with Gasteiger partial charge in [-0.05, 0) is 59.3 Å². The van der Waals surface area contributed by atoms with E-state index in [0.29, 0.717) is 6.42 Å². The zero-order valence-electron chi connectivity index (χ0n) is 10.4. The molecule has 1 heterocycles. The van der Waals surface area contributed by atoms with Crippen molar-refractivity contribution in [2.75, 3.05) is 18.0 Å². The summed E-state index contributed by atoms with van der Waals surface area (Å²) in [5.74, 6) is -0.744. The van der Waals surface area contributed by atoms with E-state index in [-0.39, 0.29) is 6.42 Å². The van der Waals surface area contributed by atoms with Crippen LogP contribution < -0.4 is 4.90 Å². The third-order valence-corrected chi connectivity index (χ3v) is 3.97. The van der Waals surface area contributed by atoms with Crippen LogP contribution in [0, 0.1) is 0 Å². The number of aliphatic carboxylic acids is 1. The zero-order valence-corrected chi connectivity index (χ0v) is 11.9. The Morgan fingerprint density at radius 1 is 1.28 bits per heavy atom. The van der Waals surface area contributed by atoms with Crippen LogP contribution in [0.1, 0.15) is 31.2 Å². The van der Waals surface area contributed by atoms with E-state index in [1.165, 1.54) is 24.9 Å². The van der Waals surface area contributed by atoms with Gasteiger partial charge in [-0.3, -0.25) is 4.79 Å². The first-order valence-corrected chi connectivity index (χ1v) is 7.21. The maximum atomic E-state index is 10.6. The highest BCUT2D eigenvalue weighted by Crippen LogP contribution is 2.29. The number of hydrogen-bond acceptors (Lipinski definition) is 2. The van der Waals surface area contributed by atoms with Gasteiger partial charge in [0.15, 0.2) is 0 Å². The first kappa shape index (κ1) is 13.4. The van der Waals surface area contributed by atoms with Gasteiger partial charge >= 0.3 is 5.97 Å². The first-order valence-electron chi connectivity index (χ1n) is 6.42. The Kier molecular flexibility index (Phi) is 4.64. The molecule has 2 rings (SSSR count). The van der Waals surface area contributed by atoms with Gasteiger partial charge < -0.3 is 10.0 Å². The lowest BCUT2D eigenvalue weighted by Gasteiger charge is -2.29. The predicted octanol–water partition coefficient (Wildman–Crippen LogP) is 3.46.